The van der Waals surface area contributed by atoms with Crippen molar-refractivity contribution in [3.63, 3.8) is 0 Å². The molecule has 1 atom stereocenters. The summed E-state index contributed by atoms with van der Waals surface area (Å²) in [6, 6.07) is 10.1. The first-order valence-electron chi connectivity index (χ1n) is 6.80. The summed E-state index contributed by atoms with van der Waals surface area (Å²) in [4.78, 5) is 17.7. The van der Waals surface area contributed by atoms with Crippen LogP contribution in [0.4, 0.5) is 5.82 Å². The zero-order valence-corrected chi connectivity index (χ0v) is 13.3. The van der Waals surface area contributed by atoms with Crippen LogP contribution in [0.5, 0.6) is 0 Å². The van der Waals surface area contributed by atoms with Crippen molar-refractivity contribution >= 4 is 38.6 Å². The highest BCUT2D eigenvalue weighted by molar-refractivity contribution is 9.10. The molecule has 3 rings (SSSR count). The van der Waals surface area contributed by atoms with Gasteiger partial charge in [0.05, 0.1) is 11.6 Å². The van der Waals surface area contributed by atoms with E-state index in [4.69, 9.17) is 9.72 Å². The van der Waals surface area contributed by atoms with Gasteiger partial charge >= 0.3 is 0 Å². The molecule has 1 amide bonds. The summed E-state index contributed by atoms with van der Waals surface area (Å²) in [6.07, 6.45) is 0.00520. The Hall–Kier alpha value is -1.66. The average Bonchev–Trinajstić information content (AvgIpc) is 2.94. The predicted molar refractivity (Wildman–Crippen MR) is 85.2 cm³/mol. The Morgan fingerprint density at radius 1 is 1.48 bits per heavy atom. The summed E-state index contributed by atoms with van der Waals surface area (Å²) in [5.41, 5.74) is 0.945. The first kappa shape index (κ1) is 14.3. The lowest BCUT2D eigenvalue weighted by Gasteiger charge is -2.16. The summed E-state index contributed by atoms with van der Waals surface area (Å²) in [7, 11) is 0. The Morgan fingerprint density at radius 2 is 2.33 bits per heavy atom. The van der Waals surface area contributed by atoms with E-state index in [0.717, 1.165) is 27.7 Å². The van der Waals surface area contributed by atoms with Crippen LogP contribution in [0, 0.1) is 0 Å². The van der Waals surface area contributed by atoms with Gasteiger partial charge in [0.15, 0.2) is 0 Å². The molecule has 21 heavy (non-hydrogen) atoms. The van der Waals surface area contributed by atoms with Crippen molar-refractivity contribution in [1.29, 1.82) is 0 Å². The molecule has 110 valence electrons. The minimum Gasteiger partial charge on any atom is -0.354 e. The van der Waals surface area contributed by atoms with Crippen LogP contribution in [-0.4, -0.2) is 36.8 Å². The van der Waals surface area contributed by atoms with Gasteiger partial charge in [-0.15, -0.1) is 0 Å². The van der Waals surface area contributed by atoms with E-state index in [1.165, 1.54) is 6.92 Å². The van der Waals surface area contributed by atoms with Gasteiger partial charge < -0.3 is 15.0 Å². The molecule has 0 aliphatic carbocycles. The van der Waals surface area contributed by atoms with Gasteiger partial charge in [-0.05, 0) is 34.1 Å². The fourth-order valence-electron chi connectivity index (χ4n) is 2.36. The maximum Gasteiger partial charge on any atom is 0.216 e. The number of nitrogens with zero attached hydrogens (tertiary/aromatic N) is 2. The van der Waals surface area contributed by atoms with E-state index in [2.05, 4.69) is 32.2 Å². The number of carbonyl (C=O) groups excluding carboxylic acids is 1. The Morgan fingerprint density at radius 3 is 3.14 bits per heavy atom. The molecular weight excluding hydrogens is 334 g/mol. The van der Waals surface area contributed by atoms with Crippen molar-refractivity contribution in [3.8, 4) is 0 Å². The van der Waals surface area contributed by atoms with E-state index in [9.17, 15) is 4.79 Å². The highest BCUT2D eigenvalue weighted by atomic mass is 79.9. The molecule has 1 aromatic carbocycles. The van der Waals surface area contributed by atoms with E-state index < -0.39 is 0 Å². The third-order valence-corrected chi connectivity index (χ3v) is 4.09. The van der Waals surface area contributed by atoms with Crippen LogP contribution < -0.4 is 10.2 Å². The lowest BCUT2D eigenvalue weighted by molar-refractivity contribution is -0.119. The monoisotopic (exact) mass is 349 g/mol. The van der Waals surface area contributed by atoms with Crippen molar-refractivity contribution in [2.75, 3.05) is 24.7 Å². The molecule has 1 fully saturated rings. The quantitative estimate of drug-likeness (QED) is 0.923. The van der Waals surface area contributed by atoms with Gasteiger partial charge in [0.25, 0.3) is 0 Å². The van der Waals surface area contributed by atoms with Gasteiger partial charge in [-0.1, -0.05) is 12.1 Å². The third kappa shape index (κ3) is 3.16. The molecular formula is C15H16BrN3O2. The molecule has 0 saturated carbocycles. The number of benzene rings is 1. The summed E-state index contributed by atoms with van der Waals surface area (Å²) in [6.45, 7) is 3.26. The number of hydrogen-bond acceptors (Lipinski definition) is 4. The number of aromatic nitrogens is 1. The fraction of sp³-hybridized carbons (Fsp3) is 0.333. The standard InChI is InChI=1S/C15H16BrN3O2/c1-10(20)17-7-12-8-19(9-21-12)14-6-5-11-3-2-4-13(16)15(11)18-14/h2-6,12H,7-9H2,1H3,(H,17,20)/t12-/m0/s1. The molecule has 1 aromatic heterocycles. The first-order chi connectivity index (χ1) is 10.1. The minimum absolute atomic E-state index is 0.00520. The lowest BCUT2D eigenvalue weighted by Crippen LogP contribution is -2.33. The van der Waals surface area contributed by atoms with Crippen LogP contribution in [-0.2, 0) is 9.53 Å². The molecule has 1 saturated heterocycles. The average molecular weight is 350 g/mol. The van der Waals surface area contributed by atoms with Crippen molar-refractivity contribution in [1.82, 2.24) is 10.3 Å². The van der Waals surface area contributed by atoms with Gasteiger partial charge in [-0.25, -0.2) is 4.98 Å². The van der Waals surface area contributed by atoms with Crippen molar-refractivity contribution in [2.45, 2.75) is 13.0 Å². The highest BCUT2D eigenvalue weighted by Crippen LogP contribution is 2.26. The molecule has 1 N–H and O–H groups in total. The maximum absolute atomic E-state index is 10.9. The van der Waals surface area contributed by atoms with Crippen molar-refractivity contribution < 1.29 is 9.53 Å². The number of halogens is 1. The number of amides is 1. The molecule has 6 heteroatoms. The number of nitrogens with one attached hydrogen (secondary N) is 1. The molecule has 0 unspecified atom stereocenters. The number of hydrogen-bond donors (Lipinski definition) is 1. The second-order valence-corrected chi connectivity index (χ2v) is 5.91. The largest absolute Gasteiger partial charge is 0.354 e. The predicted octanol–water partition coefficient (Wildman–Crippen LogP) is 2.30. The van der Waals surface area contributed by atoms with E-state index in [1.54, 1.807) is 0 Å². The SMILES string of the molecule is CC(=O)NC[C@H]1CN(c2ccc3cccc(Br)c3n2)CO1. The van der Waals surface area contributed by atoms with Crippen LogP contribution in [0.25, 0.3) is 10.9 Å². The van der Waals surface area contributed by atoms with Gasteiger partial charge in [0.1, 0.15) is 12.5 Å². The summed E-state index contributed by atoms with van der Waals surface area (Å²) in [5, 5.41) is 3.88. The molecule has 1 aliphatic heterocycles. The Labute approximate surface area is 131 Å². The van der Waals surface area contributed by atoms with Gasteiger partial charge in [-0.3, -0.25) is 4.79 Å². The van der Waals surface area contributed by atoms with E-state index in [-0.39, 0.29) is 12.0 Å². The molecule has 0 radical (unpaired) electrons. The number of rotatable bonds is 3. The van der Waals surface area contributed by atoms with E-state index >= 15 is 0 Å². The summed E-state index contributed by atoms with van der Waals surface area (Å²) < 4.78 is 6.66. The van der Waals surface area contributed by atoms with Crippen molar-refractivity contribution in [3.05, 3.63) is 34.8 Å². The molecule has 0 spiro atoms. The lowest BCUT2D eigenvalue weighted by atomic mass is 10.2. The second kappa shape index (κ2) is 5.99. The molecule has 2 heterocycles. The third-order valence-electron chi connectivity index (χ3n) is 3.45. The van der Waals surface area contributed by atoms with E-state index in [1.807, 2.05) is 24.3 Å². The Kier molecular flexibility index (Phi) is 4.07. The number of anilines is 1. The topological polar surface area (TPSA) is 54.5 Å². The van der Waals surface area contributed by atoms with E-state index in [0.29, 0.717) is 13.3 Å². The number of ether oxygens (including phenoxy) is 1. The Balaban J connectivity index is 1.76. The molecule has 0 bridgehead atoms. The Bertz CT molecular complexity index is 677. The zero-order chi connectivity index (χ0) is 14.8. The normalized spacial score (nSPS) is 18.2. The van der Waals surface area contributed by atoms with Crippen molar-refractivity contribution in [2.24, 2.45) is 0 Å². The summed E-state index contributed by atoms with van der Waals surface area (Å²) in [5.74, 6) is 0.851. The first-order valence-corrected chi connectivity index (χ1v) is 7.59. The van der Waals surface area contributed by atoms with Gasteiger partial charge in [0.2, 0.25) is 5.91 Å². The fourth-order valence-corrected chi connectivity index (χ4v) is 2.83. The van der Waals surface area contributed by atoms with Crippen LogP contribution in [0.1, 0.15) is 6.92 Å². The van der Waals surface area contributed by atoms with Crippen LogP contribution >= 0.6 is 15.9 Å². The molecule has 5 nitrogen and oxygen atoms in total. The zero-order valence-electron chi connectivity index (χ0n) is 11.7. The summed E-state index contributed by atoms with van der Waals surface area (Å²) >= 11 is 3.53. The maximum atomic E-state index is 10.9. The number of fused-ring (bicyclic) bond motifs is 1. The highest BCUT2D eigenvalue weighted by Gasteiger charge is 2.24. The molecule has 2 aromatic rings. The minimum atomic E-state index is -0.0372. The van der Waals surface area contributed by atoms with Gasteiger partial charge in [-0.2, -0.15) is 0 Å². The van der Waals surface area contributed by atoms with Crippen LogP contribution in [0.2, 0.25) is 0 Å². The second-order valence-electron chi connectivity index (χ2n) is 5.06. The van der Waals surface area contributed by atoms with Gasteiger partial charge in [0, 0.05) is 29.9 Å². The number of para-hydroxylation sites is 1. The molecule has 1 aliphatic rings. The van der Waals surface area contributed by atoms with Crippen LogP contribution in [0.15, 0.2) is 34.8 Å². The smallest absolute Gasteiger partial charge is 0.216 e. The number of pyridine rings is 1. The number of carbonyl (C=O) groups is 1. The van der Waals surface area contributed by atoms with Crippen LogP contribution in [0.3, 0.4) is 0 Å².